The van der Waals surface area contributed by atoms with Crippen LogP contribution in [0.15, 0.2) is 12.3 Å². The zero-order valence-electron chi connectivity index (χ0n) is 11.1. The van der Waals surface area contributed by atoms with Crippen LogP contribution in [-0.2, 0) is 4.79 Å². The van der Waals surface area contributed by atoms with Crippen LogP contribution in [0.25, 0.3) is 0 Å². The number of amides is 1. The third-order valence-electron chi connectivity index (χ3n) is 4.59. The number of hydrogen-bond donors (Lipinski definition) is 2. The average Bonchev–Trinajstić information content (AvgIpc) is 3.02. The Balaban J connectivity index is 1.81. The number of hydrogen-bond acceptors (Lipinski definition) is 3. The molecule has 1 heterocycles. The van der Waals surface area contributed by atoms with E-state index in [9.17, 15) is 23.5 Å². The van der Waals surface area contributed by atoms with E-state index in [2.05, 4.69) is 10.3 Å². The van der Waals surface area contributed by atoms with Gasteiger partial charge in [-0.05, 0) is 37.2 Å². The van der Waals surface area contributed by atoms with Gasteiger partial charge in [-0.1, -0.05) is 0 Å². The molecule has 0 aromatic carbocycles. The van der Waals surface area contributed by atoms with Gasteiger partial charge in [0.25, 0.3) is 5.91 Å². The summed E-state index contributed by atoms with van der Waals surface area (Å²) in [5.41, 5.74) is -0.450. The molecule has 1 aromatic heterocycles. The quantitative estimate of drug-likeness (QED) is 0.830. The van der Waals surface area contributed by atoms with Crippen molar-refractivity contribution in [1.29, 1.82) is 0 Å². The summed E-state index contributed by atoms with van der Waals surface area (Å²) in [6, 6.07) is 0.556. The molecule has 112 valence electrons. The van der Waals surface area contributed by atoms with Crippen LogP contribution in [0.3, 0.4) is 0 Å². The summed E-state index contributed by atoms with van der Waals surface area (Å²) in [7, 11) is 0. The molecule has 7 heteroatoms. The molecule has 3 rings (SSSR count). The van der Waals surface area contributed by atoms with Gasteiger partial charge in [-0.2, -0.15) is 4.39 Å². The van der Waals surface area contributed by atoms with E-state index in [1.54, 1.807) is 0 Å². The molecule has 5 nitrogen and oxygen atoms in total. The minimum Gasteiger partial charge on any atom is -0.481 e. The third-order valence-corrected chi connectivity index (χ3v) is 4.59. The number of carboxylic acids is 1. The first-order valence-electron chi connectivity index (χ1n) is 6.82. The van der Waals surface area contributed by atoms with Gasteiger partial charge in [0.1, 0.15) is 0 Å². The van der Waals surface area contributed by atoms with Gasteiger partial charge in [-0.3, -0.25) is 9.59 Å². The lowest BCUT2D eigenvalue weighted by atomic mass is 9.84. The van der Waals surface area contributed by atoms with E-state index >= 15 is 0 Å². The second kappa shape index (κ2) is 5.05. The number of halogens is 2. The zero-order valence-corrected chi connectivity index (χ0v) is 11.1. The Morgan fingerprint density at radius 2 is 2.00 bits per heavy atom. The fourth-order valence-electron chi connectivity index (χ4n) is 3.68. The monoisotopic (exact) mass is 296 g/mol. The standard InChI is InChI=1S/C14H14F2N2O3/c15-10-8(3-4-17-12(10)16)13(19)18-11-7-2-1-6(5-7)9(11)14(20)21/h3-4,6-7,9,11H,1-2,5H2,(H,18,19)(H,20,21). The van der Waals surface area contributed by atoms with Crippen LogP contribution in [0.2, 0.25) is 0 Å². The summed E-state index contributed by atoms with van der Waals surface area (Å²) in [5.74, 6) is -4.91. The van der Waals surface area contributed by atoms with E-state index in [0.29, 0.717) is 0 Å². The van der Waals surface area contributed by atoms with Crippen LogP contribution in [0.5, 0.6) is 0 Å². The predicted molar refractivity (Wildman–Crippen MR) is 67.4 cm³/mol. The Hall–Kier alpha value is -2.05. The number of carbonyl (C=O) groups is 2. The van der Waals surface area contributed by atoms with Crippen molar-refractivity contribution in [3.63, 3.8) is 0 Å². The minimum atomic E-state index is -1.34. The number of pyridine rings is 1. The fourth-order valence-corrected chi connectivity index (χ4v) is 3.68. The number of fused-ring (bicyclic) bond motifs is 2. The number of nitrogens with zero attached hydrogens (tertiary/aromatic N) is 1. The highest BCUT2D eigenvalue weighted by Gasteiger charge is 2.51. The molecule has 2 bridgehead atoms. The van der Waals surface area contributed by atoms with Crippen molar-refractivity contribution in [2.45, 2.75) is 25.3 Å². The highest BCUT2D eigenvalue weighted by Crippen LogP contribution is 2.48. The molecular weight excluding hydrogens is 282 g/mol. The SMILES string of the molecule is O=C(NC1C2CCC(C2)C1C(=O)O)c1ccnc(F)c1F. The molecule has 21 heavy (non-hydrogen) atoms. The fraction of sp³-hybridized carbons (Fsp3) is 0.500. The molecule has 2 aliphatic rings. The van der Waals surface area contributed by atoms with Crippen molar-refractivity contribution in [2.75, 3.05) is 0 Å². The summed E-state index contributed by atoms with van der Waals surface area (Å²) >= 11 is 0. The Morgan fingerprint density at radius 1 is 1.29 bits per heavy atom. The van der Waals surface area contributed by atoms with E-state index < -0.39 is 41.2 Å². The molecule has 4 unspecified atom stereocenters. The number of nitrogens with one attached hydrogen (secondary N) is 1. The van der Waals surface area contributed by atoms with Crippen molar-refractivity contribution in [1.82, 2.24) is 10.3 Å². The first-order chi connectivity index (χ1) is 9.99. The van der Waals surface area contributed by atoms with Crippen molar-refractivity contribution < 1.29 is 23.5 Å². The van der Waals surface area contributed by atoms with Gasteiger partial charge in [0.15, 0.2) is 5.82 Å². The topological polar surface area (TPSA) is 79.3 Å². The van der Waals surface area contributed by atoms with Crippen LogP contribution in [0.1, 0.15) is 29.6 Å². The van der Waals surface area contributed by atoms with Gasteiger partial charge in [0.2, 0.25) is 5.95 Å². The van der Waals surface area contributed by atoms with Crippen LogP contribution in [0, 0.1) is 29.5 Å². The van der Waals surface area contributed by atoms with Gasteiger partial charge >= 0.3 is 5.97 Å². The Morgan fingerprint density at radius 3 is 2.71 bits per heavy atom. The van der Waals surface area contributed by atoms with Gasteiger partial charge in [-0.15, -0.1) is 0 Å². The van der Waals surface area contributed by atoms with Crippen molar-refractivity contribution in [3.05, 3.63) is 29.6 Å². The lowest BCUT2D eigenvalue weighted by Crippen LogP contribution is -2.47. The first-order valence-corrected chi connectivity index (χ1v) is 6.82. The molecule has 0 saturated heterocycles. The molecule has 2 aliphatic carbocycles. The maximum atomic E-state index is 13.6. The summed E-state index contributed by atoms with van der Waals surface area (Å²) in [5, 5.41) is 11.9. The molecular formula is C14H14F2N2O3. The van der Waals surface area contributed by atoms with Gasteiger partial charge in [0, 0.05) is 12.2 Å². The predicted octanol–water partition coefficient (Wildman–Crippen LogP) is 1.59. The average molecular weight is 296 g/mol. The molecule has 0 spiro atoms. The maximum absolute atomic E-state index is 13.6. The maximum Gasteiger partial charge on any atom is 0.308 e. The molecule has 0 radical (unpaired) electrons. The highest BCUT2D eigenvalue weighted by atomic mass is 19.2. The van der Waals surface area contributed by atoms with E-state index in [4.69, 9.17) is 0 Å². The Labute approximate surface area is 119 Å². The summed E-state index contributed by atoms with van der Waals surface area (Å²) < 4.78 is 26.6. The van der Waals surface area contributed by atoms with Crippen molar-refractivity contribution in [2.24, 2.45) is 17.8 Å². The number of carboxylic acid groups (broad SMARTS) is 1. The number of carbonyl (C=O) groups excluding carboxylic acids is 1. The van der Waals surface area contributed by atoms with Crippen molar-refractivity contribution in [3.8, 4) is 0 Å². The van der Waals surface area contributed by atoms with Gasteiger partial charge in [-0.25, -0.2) is 9.37 Å². The molecule has 1 aromatic rings. The van der Waals surface area contributed by atoms with Crippen LogP contribution >= 0.6 is 0 Å². The molecule has 2 fully saturated rings. The number of aromatic nitrogens is 1. The lowest BCUT2D eigenvalue weighted by molar-refractivity contribution is -0.144. The Bertz CT molecular complexity index is 608. The lowest BCUT2D eigenvalue weighted by Gasteiger charge is -2.28. The molecule has 4 atom stereocenters. The second-order valence-corrected chi connectivity index (χ2v) is 5.66. The molecule has 0 aliphatic heterocycles. The van der Waals surface area contributed by atoms with Crippen LogP contribution in [0.4, 0.5) is 8.78 Å². The zero-order chi connectivity index (χ0) is 15.1. The van der Waals surface area contributed by atoms with Gasteiger partial charge < -0.3 is 10.4 Å². The normalized spacial score (nSPS) is 30.4. The molecule has 1 amide bonds. The Kier molecular flexibility index (Phi) is 3.35. The smallest absolute Gasteiger partial charge is 0.308 e. The largest absolute Gasteiger partial charge is 0.481 e. The second-order valence-electron chi connectivity index (χ2n) is 5.66. The van der Waals surface area contributed by atoms with Crippen LogP contribution in [-0.4, -0.2) is 28.0 Å². The van der Waals surface area contributed by atoms with Gasteiger partial charge in [0.05, 0.1) is 11.5 Å². The van der Waals surface area contributed by atoms with E-state index in [-0.39, 0.29) is 11.8 Å². The van der Waals surface area contributed by atoms with Crippen molar-refractivity contribution >= 4 is 11.9 Å². The summed E-state index contributed by atoms with van der Waals surface area (Å²) in [6.45, 7) is 0. The minimum absolute atomic E-state index is 0.0526. The molecule has 2 saturated carbocycles. The first kappa shape index (κ1) is 13.9. The number of aliphatic carboxylic acids is 1. The number of rotatable bonds is 3. The third kappa shape index (κ3) is 2.26. The van der Waals surface area contributed by atoms with E-state index in [1.807, 2.05) is 0 Å². The highest BCUT2D eigenvalue weighted by molar-refractivity contribution is 5.95. The van der Waals surface area contributed by atoms with Crippen LogP contribution < -0.4 is 5.32 Å². The van der Waals surface area contributed by atoms with E-state index in [0.717, 1.165) is 31.5 Å². The summed E-state index contributed by atoms with van der Waals surface area (Å²) in [4.78, 5) is 26.5. The summed E-state index contributed by atoms with van der Waals surface area (Å²) in [6.07, 6.45) is 3.46. The van der Waals surface area contributed by atoms with E-state index in [1.165, 1.54) is 0 Å². The molecule has 2 N–H and O–H groups in total.